The van der Waals surface area contributed by atoms with Crippen molar-refractivity contribution in [2.75, 3.05) is 5.32 Å². The minimum absolute atomic E-state index is 0.119. The molecule has 0 saturated heterocycles. The molecule has 6 nitrogen and oxygen atoms in total. The van der Waals surface area contributed by atoms with Gasteiger partial charge in [-0.25, -0.2) is 0 Å². The average Bonchev–Trinajstić information content (AvgIpc) is 3.01. The van der Waals surface area contributed by atoms with Crippen LogP contribution in [0.1, 0.15) is 40.3 Å². The zero-order valence-corrected chi connectivity index (χ0v) is 11.7. The van der Waals surface area contributed by atoms with Crippen molar-refractivity contribution in [3.05, 3.63) is 28.8 Å². The SMILES string of the molecule is Cn1nc(NC(=O)c2noc3c2CCCC3)cc1C(F)(F)F. The third-order valence-electron chi connectivity index (χ3n) is 3.58. The molecule has 1 aliphatic rings. The van der Waals surface area contributed by atoms with E-state index in [1.165, 1.54) is 0 Å². The summed E-state index contributed by atoms with van der Waals surface area (Å²) in [6.07, 6.45) is -1.23. The number of fused-ring (bicyclic) bond motifs is 1. The summed E-state index contributed by atoms with van der Waals surface area (Å²) in [4.78, 5) is 12.2. The third kappa shape index (κ3) is 2.58. The molecule has 0 saturated carbocycles. The van der Waals surface area contributed by atoms with Gasteiger partial charge in [-0.2, -0.15) is 18.3 Å². The van der Waals surface area contributed by atoms with Crippen LogP contribution in [0, 0.1) is 0 Å². The molecule has 1 aliphatic carbocycles. The first-order chi connectivity index (χ1) is 10.4. The summed E-state index contributed by atoms with van der Waals surface area (Å²) in [5.41, 5.74) is -0.0883. The lowest BCUT2D eigenvalue weighted by molar-refractivity contribution is -0.143. The molecule has 0 radical (unpaired) electrons. The van der Waals surface area contributed by atoms with Gasteiger partial charge in [0.2, 0.25) is 0 Å². The summed E-state index contributed by atoms with van der Waals surface area (Å²) >= 11 is 0. The van der Waals surface area contributed by atoms with Crippen molar-refractivity contribution in [1.29, 1.82) is 0 Å². The number of carbonyl (C=O) groups excluding carboxylic acids is 1. The van der Waals surface area contributed by atoms with Crippen LogP contribution in [0.25, 0.3) is 0 Å². The van der Waals surface area contributed by atoms with Gasteiger partial charge in [0.15, 0.2) is 11.5 Å². The Morgan fingerprint density at radius 1 is 1.36 bits per heavy atom. The van der Waals surface area contributed by atoms with Crippen LogP contribution in [0.2, 0.25) is 0 Å². The highest BCUT2D eigenvalue weighted by atomic mass is 19.4. The fourth-order valence-electron chi connectivity index (χ4n) is 2.53. The second kappa shape index (κ2) is 5.15. The maximum absolute atomic E-state index is 12.7. The standard InChI is InChI=1S/C13H13F3N4O2/c1-20-9(13(14,15)16)6-10(18-20)17-12(21)11-7-4-2-3-5-8(7)22-19-11/h6H,2-5H2,1H3,(H,17,18,21). The van der Waals surface area contributed by atoms with Crippen molar-refractivity contribution in [3.8, 4) is 0 Å². The number of nitrogens with one attached hydrogen (secondary N) is 1. The van der Waals surface area contributed by atoms with Crippen LogP contribution < -0.4 is 5.32 Å². The van der Waals surface area contributed by atoms with Crippen molar-refractivity contribution in [1.82, 2.24) is 14.9 Å². The number of amides is 1. The quantitative estimate of drug-likeness (QED) is 0.924. The van der Waals surface area contributed by atoms with Crippen molar-refractivity contribution in [3.63, 3.8) is 0 Å². The van der Waals surface area contributed by atoms with E-state index in [1.807, 2.05) is 0 Å². The van der Waals surface area contributed by atoms with E-state index in [2.05, 4.69) is 15.6 Å². The number of aromatic nitrogens is 3. The molecule has 2 aromatic heterocycles. The smallest absolute Gasteiger partial charge is 0.360 e. The molecular formula is C13H13F3N4O2. The maximum Gasteiger partial charge on any atom is 0.433 e. The van der Waals surface area contributed by atoms with Crippen molar-refractivity contribution in [2.24, 2.45) is 7.05 Å². The minimum atomic E-state index is -4.53. The monoisotopic (exact) mass is 314 g/mol. The van der Waals surface area contributed by atoms with Gasteiger partial charge in [-0.15, -0.1) is 0 Å². The molecule has 0 fully saturated rings. The molecule has 0 aliphatic heterocycles. The second-order valence-corrected chi connectivity index (χ2v) is 5.13. The number of anilines is 1. The molecule has 0 spiro atoms. The summed E-state index contributed by atoms with van der Waals surface area (Å²) in [7, 11) is 1.16. The number of halogens is 3. The highest BCUT2D eigenvalue weighted by Gasteiger charge is 2.35. The molecule has 0 unspecified atom stereocenters. The summed E-state index contributed by atoms with van der Waals surface area (Å²) in [5, 5.41) is 9.71. The first kappa shape index (κ1) is 14.6. The van der Waals surface area contributed by atoms with Crippen LogP contribution in [0.4, 0.5) is 19.0 Å². The molecule has 1 amide bonds. The molecule has 9 heteroatoms. The molecule has 2 aromatic rings. The van der Waals surface area contributed by atoms with E-state index in [-0.39, 0.29) is 11.5 Å². The van der Waals surface area contributed by atoms with Gasteiger partial charge >= 0.3 is 6.18 Å². The van der Waals surface area contributed by atoms with Gasteiger partial charge in [-0.1, -0.05) is 5.16 Å². The van der Waals surface area contributed by atoms with Gasteiger partial charge in [0.25, 0.3) is 5.91 Å². The molecule has 118 valence electrons. The molecule has 0 aromatic carbocycles. The predicted octanol–water partition coefficient (Wildman–Crippen LogP) is 2.56. The van der Waals surface area contributed by atoms with Crippen LogP contribution in [0.5, 0.6) is 0 Å². The van der Waals surface area contributed by atoms with Gasteiger partial charge in [0.05, 0.1) is 0 Å². The van der Waals surface area contributed by atoms with E-state index in [1.54, 1.807) is 0 Å². The topological polar surface area (TPSA) is 73.0 Å². The lowest BCUT2D eigenvalue weighted by Gasteiger charge is -2.08. The van der Waals surface area contributed by atoms with Crippen LogP contribution in [-0.2, 0) is 26.1 Å². The van der Waals surface area contributed by atoms with E-state index < -0.39 is 17.8 Å². The first-order valence-electron chi connectivity index (χ1n) is 6.76. The molecule has 0 bridgehead atoms. The fraction of sp³-hybridized carbons (Fsp3) is 0.462. The summed E-state index contributed by atoms with van der Waals surface area (Å²) in [6, 6.07) is 0.782. The number of nitrogens with zero attached hydrogens (tertiary/aromatic N) is 3. The highest BCUT2D eigenvalue weighted by molar-refractivity contribution is 6.03. The fourth-order valence-corrected chi connectivity index (χ4v) is 2.53. The number of hydrogen-bond acceptors (Lipinski definition) is 4. The maximum atomic E-state index is 12.7. The average molecular weight is 314 g/mol. The van der Waals surface area contributed by atoms with Gasteiger partial charge in [-0.05, 0) is 19.3 Å². The third-order valence-corrected chi connectivity index (χ3v) is 3.58. The summed E-state index contributed by atoms with van der Waals surface area (Å²) in [6.45, 7) is 0. The van der Waals surface area contributed by atoms with Gasteiger partial charge in [-0.3, -0.25) is 9.48 Å². The number of hydrogen-bond donors (Lipinski definition) is 1. The van der Waals surface area contributed by atoms with Crippen LogP contribution in [0.15, 0.2) is 10.6 Å². The van der Waals surface area contributed by atoms with Crippen LogP contribution >= 0.6 is 0 Å². The Labute approximate surface area is 123 Å². The van der Waals surface area contributed by atoms with E-state index in [0.29, 0.717) is 16.9 Å². The lowest BCUT2D eigenvalue weighted by Crippen LogP contribution is -2.16. The van der Waals surface area contributed by atoms with Crippen molar-refractivity contribution < 1.29 is 22.5 Å². The molecular weight excluding hydrogens is 301 g/mol. The van der Waals surface area contributed by atoms with Gasteiger partial charge < -0.3 is 9.84 Å². The molecule has 0 atom stereocenters. The van der Waals surface area contributed by atoms with Gasteiger partial charge in [0, 0.05) is 25.1 Å². The second-order valence-electron chi connectivity index (χ2n) is 5.13. The molecule has 1 N–H and O–H groups in total. The van der Waals surface area contributed by atoms with E-state index in [9.17, 15) is 18.0 Å². The molecule has 22 heavy (non-hydrogen) atoms. The largest absolute Gasteiger partial charge is 0.433 e. The summed E-state index contributed by atoms with van der Waals surface area (Å²) < 4.78 is 43.9. The van der Waals surface area contributed by atoms with E-state index in [0.717, 1.165) is 37.9 Å². The van der Waals surface area contributed by atoms with Crippen LogP contribution in [-0.4, -0.2) is 20.8 Å². The Morgan fingerprint density at radius 2 is 2.09 bits per heavy atom. The predicted molar refractivity (Wildman–Crippen MR) is 69.3 cm³/mol. The zero-order chi connectivity index (χ0) is 15.9. The zero-order valence-electron chi connectivity index (χ0n) is 11.7. The number of aryl methyl sites for hydroxylation is 2. The van der Waals surface area contributed by atoms with E-state index in [4.69, 9.17) is 4.52 Å². The van der Waals surface area contributed by atoms with Crippen molar-refractivity contribution >= 4 is 11.7 Å². The Balaban J connectivity index is 1.82. The normalized spacial score (nSPS) is 14.7. The Kier molecular flexibility index (Phi) is 3.42. The number of alkyl halides is 3. The first-order valence-corrected chi connectivity index (χ1v) is 6.76. The van der Waals surface area contributed by atoms with Crippen LogP contribution in [0.3, 0.4) is 0 Å². The molecule has 2 heterocycles. The Morgan fingerprint density at radius 3 is 2.77 bits per heavy atom. The lowest BCUT2D eigenvalue weighted by atomic mass is 9.96. The highest BCUT2D eigenvalue weighted by Crippen LogP contribution is 2.30. The minimum Gasteiger partial charge on any atom is -0.360 e. The number of carbonyl (C=O) groups is 1. The van der Waals surface area contributed by atoms with E-state index >= 15 is 0 Å². The molecule has 3 rings (SSSR count). The van der Waals surface area contributed by atoms with Crippen molar-refractivity contribution in [2.45, 2.75) is 31.9 Å². The number of rotatable bonds is 2. The Hall–Kier alpha value is -2.32. The van der Waals surface area contributed by atoms with Gasteiger partial charge in [0.1, 0.15) is 11.5 Å². The Bertz CT molecular complexity index is 717. The summed E-state index contributed by atoms with van der Waals surface area (Å²) in [5.74, 6) is -0.112.